The second kappa shape index (κ2) is 7.77. The Morgan fingerprint density at radius 2 is 1.46 bits per heavy atom. The molecule has 4 rings (SSSR count). The number of aryl methyl sites for hydroxylation is 2. The van der Waals surface area contributed by atoms with E-state index in [1.165, 1.54) is 16.5 Å². The Hall–Kier alpha value is -3.26. The fourth-order valence-corrected chi connectivity index (χ4v) is 3.83. The highest BCUT2D eigenvalue weighted by atomic mass is 16.1. The van der Waals surface area contributed by atoms with Crippen LogP contribution in [0.2, 0.25) is 0 Å². The van der Waals surface area contributed by atoms with Gasteiger partial charge in [0.1, 0.15) is 0 Å². The third-order valence-corrected chi connectivity index (χ3v) is 5.31. The van der Waals surface area contributed by atoms with Gasteiger partial charge in [0, 0.05) is 17.2 Å². The van der Waals surface area contributed by atoms with E-state index >= 15 is 0 Å². The number of carbonyl (C=O) groups excluding carboxylic acids is 1. The molecule has 0 fully saturated rings. The van der Waals surface area contributed by atoms with Gasteiger partial charge in [0.15, 0.2) is 12.4 Å². The van der Waals surface area contributed by atoms with Crippen LogP contribution >= 0.6 is 0 Å². The van der Waals surface area contributed by atoms with Gasteiger partial charge >= 0.3 is 0 Å². The molecule has 28 heavy (non-hydrogen) atoms. The molecule has 4 aromatic rings. The summed E-state index contributed by atoms with van der Waals surface area (Å²) in [7, 11) is 0. The predicted molar refractivity (Wildman–Crippen MR) is 114 cm³/mol. The van der Waals surface area contributed by atoms with Gasteiger partial charge in [-0.25, -0.2) is 0 Å². The molecule has 0 aliphatic carbocycles. The average molecular weight is 366 g/mol. The Morgan fingerprint density at radius 3 is 2.21 bits per heavy atom. The van der Waals surface area contributed by atoms with E-state index in [-0.39, 0.29) is 5.78 Å². The maximum absolute atomic E-state index is 12.8. The van der Waals surface area contributed by atoms with E-state index in [1.54, 1.807) is 0 Å². The topological polar surface area (TPSA) is 20.9 Å². The number of aromatic nitrogens is 1. The summed E-state index contributed by atoms with van der Waals surface area (Å²) in [5.74, 6) is 0.219. The lowest BCUT2D eigenvalue weighted by Crippen LogP contribution is -2.38. The summed E-state index contributed by atoms with van der Waals surface area (Å²) < 4.78 is 2.03. The third-order valence-electron chi connectivity index (χ3n) is 5.31. The van der Waals surface area contributed by atoms with E-state index in [0.29, 0.717) is 13.0 Å². The lowest BCUT2D eigenvalue weighted by molar-refractivity contribution is -0.682. The summed E-state index contributed by atoms with van der Waals surface area (Å²) >= 11 is 0. The standard InChI is InChI=1S/C26H24NO/c1-19-9-8-10-20(2)25(19)15-23(28)17-27-16-22-13-6-7-14-24(22)26(18-27)21-11-4-3-5-12-21/h3-14,16,18H,15,17H2,1-2H3/q+1. The van der Waals surface area contributed by atoms with Crippen molar-refractivity contribution in [2.24, 2.45) is 0 Å². The van der Waals surface area contributed by atoms with Crippen molar-refractivity contribution < 1.29 is 9.36 Å². The number of pyridine rings is 1. The molecule has 1 heterocycles. The van der Waals surface area contributed by atoms with Crippen molar-refractivity contribution in [3.63, 3.8) is 0 Å². The van der Waals surface area contributed by atoms with Crippen molar-refractivity contribution in [1.29, 1.82) is 0 Å². The number of hydrogen-bond acceptors (Lipinski definition) is 1. The van der Waals surface area contributed by atoms with Crippen molar-refractivity contribution >= 4 is 16.6 Å². The summed E-state index contributed by atoms with van der Waals surface area (Å²) in [4.78, 5) is 12.8. The molecule has 0 atom stereocenters. The van der Waals surface area contributed by atoms with Gasteiger partial charge in [-0.3, -0.25) is 4.79 Å². The number of rotatable bonds is 5. The predicted octanol–water partition coefficient (Wildman–Crippen LogP) is 5.22. The van der Waals surface area contributed by atoms with Crippen LogP contribution < -0.4 is 4.57 Å². The normalized spacial score (nSPS) is 10.9. The largest absolute Gasteiger partial charge is 0.292 e. The zero-order valence-corrected chi connectivity index (χ0v) is 16.4. The molecule has 0 bridgehead atoms. The van der Waals surface area contributed by atoms with Crippen molar-refractivity contribution in [3.8, 4) is 11.1 Å². The van der Waals surface area contributed by atoms with E-state index < -0.39 is 0 Å². The lowest BCUT2D eigenvalue weighted by Gasteiger charge is -2.09. The quantitative estimate of drug-likeness (QED) is 0.444. The average Bonchev–Trinajstić information content (AvgIpc) is 2.71. The molecular formula is C26H24NO+. The summed E-state index contributed by atoms with van der Waals surface area (Å²) in [5.41, 5.74) is 5.83. The molecule has 0 N–H and O–H groups in total. The summed E-state index contributed by atoms with van der Waals surface area (Å²) in [6.45, 7) is 4.52. The van der Waals surface area contributed by atoms with Crippen LogP contribution in [-0.2, 0) is 17.8 Å². The molecular weight excluding hydrogens is 342 g/mol. The summed E-state index contributed by atoms with van der Waals surface area (Å²) in [5, 5.41) is 2.34. The van der Waals surface area contributed by atoms with Gasteiger partial charge in [-0.1, -0.05) is 66.7 Å². The number of nitrogens with zero attached hydrogens (tertiary/aromatic N) is 1. The maximum Gasteiger partial charge on any atom is 0.206 e. The summed E-state index contributed by atoms with van der Waals surface area (Å²) in [6.07, 6.45) is 4.64. The van der Waals surface area contributed by atoms with Crippen LogP contribution in [0.5, 0.6) is 0 Å². The number of ketones is 1. The minimum atomic E-state index is 0.219. The lowest BCUT2D eigenvalue weighted by atomic mass is 9.98. The molecule has 0 amide bonds. The van der Waals surface area contributed by atoms with Crippen LogP contribution in [0.4, 0.5) is 0 Å². The zero-order chi connectivity index (χ0) is 19.5. The Kier molecular flexibility index (Phi) is 5.03. The number of fused-ring (bicyclic) bond motifs is 1. The van der Waals surface area contributed by atoms with Gasteiger partial charge in [0.05, 0.1) is 5.56 Å². The molecule has 0 radical (unpaired) electrons. The highest BCUT2D eigenvalue weighted by Gasteiger charge is 2.16. The van der Waals surface area contributed by atoms with Gasteiger partial charge < -0.3 is 0 Å². The molecule has 138 valence electrons. The van der Waals surface area contributed by atoms with Crippen molar-refractivity contribution in [2.75, 3.05) is 0 Å². The molecule has 0 spiro atoms. The number of Topliss-reactive ketones (excluding diaryl/α,β-unsaturated/α-hetero) is 1. The van der Waals surface area contributed by atoms with Crippen molar-refractivity contribution in [2.45, 2.75) is 26.8 Å². The van der Waals surface area contributed by atoms with Gasteiger partial charge in [-0.05, 0) is 42.2 Å². The van der Waals surface area contributed by atoms with Crippen molar-refractivity contribution in [3.05, 3.63) is 102 Å². The monoisotopic (exact) mass is 366 g/mol. The van der Waals surface area contributed by atoms with Crippen LogP contribution in [0, 0.1) is 13.8 Å². The second-order valence-electron chi connectivity index (χ2n) is 7.38. The highest BCUT2D eigenvalue weighted by Crippen LogP contribution is 2.26. The molecule has 1 aromatic heterocycles. The van der Waals surface area contributed by atoms with Crippen LogP contribution in [-0.4, -0.2) is 5.78 Å². The molecule has 0 saturated carbocycles. The fraction of sp³-hybridized carbons (Fsp3) is 0.154. The van der Waals surface area contributed by atoms with Gasteiger partial charge in [-0.2, -0.15) is 4.57 Å². The molecule has 0 unspecified atom stereocenters. The van der Waals surface area contributed by atoms with Crippen LogP contribution in [0.25, 0.3) is 21.9 Å². The van der Waals surface area contributed by atoms with E-state index in [9.17, 15) is 4.79 Å². The number of benzene rings is 3. The van der Waals surface area contributed by atoms with Crippen molar-refractivity contribution in [1.82, 2.24) is 0 Å². The molecule has 0 aliphatic rings. The minimum Gasteiger partial charge on any atom is -0.292 e. The van der Waals surface area contributed by atoms with Crippen LogP contribution in [0.1, 0.15) is 16.7 Å². The first kappa shape index (κ1) is 18.1. The van der Waals surface area contributed by atoms with E-state index in [0.717, 1.165) is 22.1 Å². The molecule has 0 aliphatic heterocycles. The molecule has 0 saturated heterocycles. The fourth-order valence-electron chi connectivity index (χ4n) is 3.83. The maximum atomic E-state index is 12.8. The number of hydrogen-bond donors (Lipinski definition) is 0. The Morgan fingerprint density at radius 1 is 0.786 bits per heavy atom. The zero-order valence-electron chi connectivity index (χ0n) is 16.4. The highest BCUT2D eigenvalue weighted by molar-refractivity contribution is 5.95. The van der Waals surface area contributed by atoms with Gasteiger partial charge in [0.2, 0.25) is 12.3 Å². The van der Waals surface area contributed by atoms with E-state index in [4.69, 9.17) is 0 Å². The smallest absolute Gasteiger partial charge is 0.206 e. The summed E-state index contributed by atoms with van der Waals surface area (Å²) in [6, 6.07) is 24.9. The molecule has 2 nitrogen and oxygen atoms in total. The van der Waals surface area contributed by atoms with Gasteiger partial charge in [-0.15, -0.1) is 0 Å². The Bertz CT molecular complexity index is 1130. The number of carbonyl (C=O) groups is 1. The molecule has 3 aromatic carbocycles. The minimum absolute atomic E-state index is 0.219. The first-order valence-corrected chi connectivity index (χ1v) is 9.66. The van der Waals surface area contributed by atoms with Crippen LogP contribution in [0.3, 0.4) is 0 Å². The third kappa shape index (κ3) is 3.72. The Labute approximate surface area is 166 Å². The Balaban J connectivity index is 1.69. The first-order valence-electron chi connectivity index (χ1n) is 9.66. The molecule has 2 heteroatoms. The van der Waals surface area contributed by atoms with E-state index in [1.807, 2.05) is 34.9 Å². The van der Waals surface area contributed by atoms with E-state index in [2.05, 4.69) is 68.7 Å². The van der Waals surface area contributed by atoms with Crippen LogP contribution in [0.15, 0.2) is 85.2 Å². The second-order valence-corrected chi connectivity index (χ2v) is 7.38. The SMILES string of the molecule is Cc1cccc(C)c1CC(=O)C[n+]1cc(-c2ccccc2)c2ccccc2c1. The first-order chi connectivity index (χ1) is 13.6. The van der Waals surface area contributed by atoms with Gasteiger partial charge in [0.25, 0.3) is 0 Å².